The van der Waals surface area contributed by atoms with E-state index >= 15 is 0 Å². The van der Waals surface area contributed by atoms with Crippen LogP contribution in [0.5, 0.6) is 0 Å². The fourth-order valence-corrected chi connectivity index (χ4v) is 7.18. The Morgan fingerprint density at radius 2 is 0.692 bits per heavy atom. The SMILES string of the molecule is CC/C=C/C=C/C=C/CCCCCCCC(=O)OCC(COC(=O)CCC/C=C/C/C=C/C/C=C/C/C=C/C/C=C/CC)OC(=O)CCCCCCCCCCCCCCCCCCC. The van der Waals surface area contributed by atoms with Gasteiger partial charge in [-0.05, 0) is 77.0 Å². The summed E-state index contributed by atoms with van der Waals surface area (Å²) in [7, 11) is 0. The molecule has 370 valence electrons. The van der Waals surface area contributed by atoms with Crippen LogP contribution >= 0.6 is 0 Å². The molecule has 0 amide bonds. The summed E-state index contributed by atoms with van der Waals surface area (Å²) < 4.78 is 16.8. The molecule has 65 heavy (non-hydrogen) atoms. The molecule has 0 saturated heterocycles. The highest BCUT2D eigenvalue weighted by Gasteiger charge is 2.19. The Kier molecular flexibility index (Phi) is 50.0. The van der Waals surface area contributed by atoms with E-state index in [4.69, 9.17) is 14.2 Å². The summed E-state index contributed by atoms with van der Waals surface area (Å²) in [5.41, 5.74) is 0. The molecule has 0 fully saturated rings. The Bertz CT molecular complexity index is 1310. The molecule has 0 aliphatic heterocycles. The van der Waals surface area contributed by atoms with Crippen LogP contribution in [0.1, 0.15) is 239 Å². The lowest BCUT2D eigenvalue weighted by Gasteiger charge is -2.18. The van der Waals surface area contributed by atoms with E-state index in [2.05, 4.69) is 118 Å². The molecule has 0 heterocycles. The van der Waals surface area contributed by atoms with Gasteiger partial charge in [-0.15, -0.1) is 0 Å². The lowest BCUT2D eigenvalue weighted by atomic mass is 10.0. The smallest absolute Gasteiger partial charge is 0.306 e. The van der Waals surface area contributed by atoms with Crippen molar-refractivity contribution in [3.05, 3.63) is 97.2 Å². The van der Waals surface area contributed by atoms with Gasteiger partial charge in [-0.1, -0.05) is 240 Å². The molecule has 1 atom stereocenters. The van der Waals surface area contributed by atoms with Crippen molar-refractivity contribution in [3.63, 3.8) is 0 Å². The molecule has 0 aromatic rings. The second-order valence-corrected chi connectivity index (χ2v) is 17.4. The molecular weight excluding hydrogens is 805 g/mol. The Labute approximate surface area is 400 Å². The third-order valence-electron chi connectivity index (χ3n) is 11.1. The molecule has 1 unspecified atom stereocenters. The minimum absolute atomic E-state index is 0.105. The minimum Gasteiger partial charge on any atom is -0.462 e. The maximum atomic E-state index is 12.8. The van der Waals surface area contributed by atoms with E-state index < -0.39 is 6.10 Å². The highest BCUT2D eigenvalue weighted by Crippen LogP contribution is 2.15. The average molecular weight is 903 g/mol. The van der Waals surface area contributed by atoms with Crippen molar-refractivity contribution < 1.29 is 28.6 Å². The largest absolute Gasteiger partial charge is 0.462 e. The predicted octanol–water partition coefficient (Wildman–Crippen LogP) is 17.8. The summed E-state index contributed by atoms with van der Waals surface area (Å²) in [5.74, 6) is -0.982. The maximum absolute atomic E-state index is 12.8. The second kappa shape index (κ2) is 52.9. The summed E-state index contributed by atoms with van der Waals surface area (Å²) in [5, 5.41) is 0. The number of carbonyl (C=O) groups excluding carboxylic acids is 3. The van der Waals surface area contributed by atoms with Crippen molar-refractivity contribution in [2.45, 2.75) is 245 Å². The number of allylic oxidation sites excluding steroid dienone is 16. The van der Waals surface area contributed by atoms with Crippen LogP contribution in [0.25, 0.3) is 0 Å². The fourth-order valence-electron chi connectivity index (χ4n) is 7.18. The predicted molar refractivity (Wildman–Crippen MR) is 279 cm³/mol. The van der Waals surface area contributed by atoms with Gasteiger partial charge in [0.15, 0.2) is 6.10 Å². The average Bonchev–Trinajstić information content (AvgIpc) is 3.30. The molecule has 0 radical (unpaired) electrons. The molecule has 0 aliphatic carbocycles. The van der Waals surface area contributed by atoms with Crippen LogP contribution < -0.4 is 0 Å². The summed E-state index contributed by atoms with van der Waals surface area (Å²) in [4.78, 5) is 38.0. The van der Waals surface area contributed by atoms with Crippen LogP contribution in [-0.4, -0.2) is 37.2 Å². The number of unbranched alkanes of at least 4 members (excludes halogenated alkanes) is 22. The Hall–Kier alpha value is -3.67. The molecule has 6 heteroatoms. The van der Waals surface area contributed by atoms with Crippen molar-refractivity contribution in [1.29, 1.82) is 0 Å². The van der Waals surface area contributed by atoms with Crippen molar-refractivity contribution in [3.8, 4) is 0 Å². The molecule has 0 aromatic carbocycles. The van der Waals surface area contributed by atoms with Gasteiger partial charge in [0.1, 0.15) is 13.2 Å². The summed E-state index contributed by atoms with van der Waals surface area (Å²) in [6, 6.07) is 0. The molecule has 0 bridgehead atoms. The lowest BCUT2D eigenvalue weighted by molar-refractivity contribution is -0.167. The van der Waals surface area contributed by atoms with E-state index in [9.17, 15) is 14.4 Å². The zero-order valence-electron chi connectivity index (χ0n) is 42.2. The first kappa shape index (κ1) is 61.3. The summed E-state index contributed by atoms with van der Waals surface area (Å²) in [6.45, 7) is 6.33. The number of carbonyl (C=O) groups is 3. The quantitative estimate of drug-likeness (QED) is 0.0199. The zero-order valence-corrected chi connectivity index (χ0v) is 42.2. The first-order chi connectivity index (χ1) is 32.0. The molecule has 0 aromatic heterocycles. The first-order valence-corrected chi connectivity index (χ1v) is 26.8. The summed E-state index contributed by atoms with van der Waals surface area (Å²) in [6.07, 6.45) is 69.7. The second-order valence-electron chi connectivity index (χ2n) is 17.4. The van der Waals surface area contributed by atoms with Crippen LogP contribution in [0.15, 0.2) is 97.2 Å². The Balaban J connectivity index is 4.48. The third-order valence-corrected chi connectivity index (χ3v) is 11.1. The fraction of sp³-hybridized carbons (Fsp3) is 0.678. The van der Waals surface area contributed by atoms with Gasteiger partial charge in [-0.3, -0.25) is 14.4 Å². The molecule has 6 nitrogen and oxygen atoms in total. The monoisotopic (exact) mass is 903 g/mol. The maximum Gasteiger partial charge on any atom is 0.306 e. The van der Waals surface area contributed by atoms with Gasteiger partial charge in [0, 0.05) is 19.3 Å². The number of esters is 3. The molecule has 0 saturated carbocycles. The van der Waals surface area contributed by atoms with Crippen molar-refractivity contribution >= 4 is 17.9 Å². The number of hydrogen-bond acceptors (Lipinski definition) is 6. The topological polar surface area (TPSA) is 78.9 Å². The highest BCUT2D eigenvalue weighted by atomic mass is 16.6. The Morgan fingerprint density at radius 3 is 1.15 bits per heavy atom. The lowest BCUT2D eigenvalue weighted by Crippen LogP contribution is -2.30. The standard InChI is InChI=1S/C59H98O6/c1-4-7-10-13-16-19-22-25-27-29-31-34-37-40-43-46-49-52-58(61)64-55-56(54-63-57(60)51-48-45-42-39-36-33-24-21-18-15-12-9-6-3)65-59(62)53-50-47-44-41-38-35-32-30-28-26-23-20-17-14-11-8-5-2/h7,9-10,12,15-16,18-19,21,24-25,27,31,34,40,43,56H,4-6,8,11,13-14,17,20,22-23,26,28-30,32-33,35-39,41-42,44-55H2,1-3H3/b10-7+,12-9+,18-15+,19-16+,24-21+,27-25+,34-31+,43-40+. The van der Waals surface area contributed by atoms with Crippen molar-refractivity contribution in [2.75, 3.05) is 13.2 Å². The molecule has 0 N–H and O–H groups in total. The van der Waals surface area contributed by atoms with Crippen molar-refractivity contribution in [2.24, 2.45) is 0 Å². The molecule has 0 rings (SSSR count). The van der Waals surface area contributed by atoms with E-state index in [0.29, 0.717) is 19.3 Å². The first-order valence-electron chi connectivity index (χ1n) is 26.8. The molecular formula is C59H98O6. The van der Waals surface area contributed by atoms with Crippen LogP contribution in [0.2, 0.25) is 0 Å². The van der Waals surface area contributed by atoms with Crippen LogP contribution in [0.4, 0.5) is 0 Å². The van der Waals surface area contributed by atoms with E-state index in [1.807, 2.05) is 0 Å². The molecule has 0 spiro atoms. The zero-order chi connectivity index (χ0) is 47.2. The molecule has 0 aliphatic rings. The van der Waals surface area contributed by atoms with Crippen LogP contribution in [-0.2, 0) is 28.6 Å². The van der Waals surface area contributed by atoms with E-state index in [1.165, 1.54) is 89.9 Å². The number of ether oxygens (including phenoxy) is 3. The van der Waals surface area contributed by atoms with E-state index in [-0.39, 0.29) is 37.5 Å². The Morgan fingerprint density at radius 1 is 0.338 bits per heavy atom. The van der Waals surface area contributed by atoms with Crippen LogP contribution in [0.3, 0.4) is 0 Å². The number of hydrogen-bond donors (Lipinski definition) is 0. The normalized spacial score (nSPS) is 12.8. The van der Waals surface area contributed by atoms with Crippen LogP contribution in [0, 0.1) is 0 Å². The number of rotatable bonds is 47. The van der Waals surface area contributed by atoms with Gasteiger partial charge in [-0.2, -0.15) is 0 Å². The van der Waals surface area contributed by atoms with Gasteiger partial charge in [0.05, 0.1) is 0 Å². The highest BCUT2D eigenvalue weighted by molar-refractivity contribution is 5.71. The van der Waals surface area contributed by atoms with Gasteiger partial charge in [-0.25, -0.2) is 0 Å². The minimum atomic E-state index is -0.808. The van der Waals surface area contributed by atoms with Crippen molar-refractivity contribution in [1.82, 2.24) is 0 Å². The van der Waals surface area contributed by atoms with E-state index in [1.54, 1.807) is 0 Å². The van der Waals surface area contributed by atoms with Gasteiger partial charge < -0.3 is 14.2 Å². The van der Waals surface area contributed by atoms with Gasteiger partial charge >= 0.3 is 17.9 Å². The van der Waals surface area contributed by atoms with E-state index in [0.717, 1.165) is 103 Å². The van der Waals surface area contributed by atoms with Gasteiger partial charge in [0.2, 0.25) is 0 Å². The third kappa shape index (κ3) is 51.2. The summed E-state index contributed by atoms with van der Waals surface area (Å²) >= 11 is 0. The van der Waals surface area contributed by atoms with Gasteiger partial charge in [0.25, 0.3) is 0 Å².